The SMILES string of the molecule is CCCCCCOC(=O)C(C)NP(=O)(COC)Oc1c(C/C=C(\C)CCC(=O)OCc2ccccc2)c(OC)c(C)c2c1C(=O)OC2. The van der Waals surface area contributed by atoms with Crippen molar-refractivity contribution < 1.29 is 47.2 Å². The summed E-state index contributed by atoms with van der Waals surface area (Å²) in [7, 11) is -1.09. The number of unbranched alkanes of at least 4 members (excludes halogenated alkanes) is 3. The molecular weight excluding hydrogens is 625 g/mol. The van der Waals surface area contributed by atoms with Gasteiger partial charge in [0.1, 0.15) is 42.7 Å². The first-order valence-electron chi connectivity index (χ1n) is 16.0. The van der Waals surface area contributed by atoms with E-state index in [0.717, 1.165) is 36.8 Å². The minimum Gasteiger partial charge on any atom is -0.496 e. The molecule has 2 unspecified atom stereocenters. The molecule has 0 saturated heterocycles. The largest absolute Gasteiger partial charge is 0.496 e. The second-order valence-electron chi connectivity index (χ2n) is 11.6. The van der Waals surface area contributed by atoms with E-state index in [9.17, 15) is 18.9 Å². The van der Waals surface area contributed by atoms with Gasteiger partial charge in [0.25, 0.3) is 0 Å². The van der Waals surface area contributed by atoms with E-state index >= 15 is 0 Å². The summed E-state index contributed by atoms with van der Waals surface area (Å²) in [5.41, 5.74) is 3.68. The summed E-state index contributed by atoms with van der Waals surface area (Å²) in [4.78, 5) is 38.1. The maximum atomic E-state index is 14.2. The van der Waals surface area contributed by atoms with Crippen molar-refractivity contribution in [2.24, 2.45) is 0 Å². The van der Waals surface area contributed by atoms with Gasteiger partial charge in [-0.15, -0.1) is 0 Å². The molecule has 47 heavy (non-hydrogen) atoms. The number of hydrogen-bond donors (Lipinski definition) is 1. The number of esters is 3. The fraction of sp³-hybridized carbons (Fsp3) is 0.514. The molecule has 11 nitrogen and oxygen atoms in total. The molecule has 2 atom stereocenters. The molecule has 1 heterocycles. The predicted molar refractivity (Wildman–Crippen MR) is 178 cm³/mol. The van der Waals surface area contributed by atoms with Crippen molar-refractivity contribution in [1.82, 2.24) is 5.09 Å². The van der Waals surface area contributed by atoms with Crippen LogP contribution in [0.1, 0.15) is 91.9 Å². The summed E-state index contributed by atoms with van der Waals surface area (Å²) in [6.07, 6.45) is 6.16. The number of allylic oxidation sites excluding steroid dienone is 2. The van der Waals surface area contributed by atoms with Gasteiger partial charge in [0.15, 0.2) is 0 Å². The van der Waals surface area contributed by atoms with Gasteiger partial charge >= 0.3 is 25.4 Å². The number of carbonyl (C=O) groups excluding carboxylic acids is 3. The van der Waals surface area contributed by atoms with E-state index in [1.807, 2.05) is 50.3 Å². The highest BCUT2D eigenvalue weighted by Gasteiger charge is 2.38. The maximum Gasteiger partial charge on any atom is 0.342 e. The Morgan fingerprint density at radius 2 is 1.81 bits per heavy atom. The van der Waals surface area contributed by atoms with Crippen LogP contribution < -0.4 is 14.3 Å². The van der Waals surface area contributed by atoms with Gasteiger partial charge in [-0.1, -0.05) is 68.2 Å². The Bertz CT molecular complexity index is 1460. The normalized spacial score (nSPS) is 14.5. The van der Waals surface area contributed by atoms with Crippen LogP contribution in [0.3, 0.4) is 0 Å². The van der Waals surface area contributed by atoms with Crippen LogP contribution >= 0.6 is 7.52 Å². The Kier molecular flexibility index (Phi) is 15.0. The zero-order chi connectivity index (χ0) is 34.4. The fourth-order valence-corrected chi connectivity index (χ4v) is 6.89. The molecule has 0 aromatic heterocycles. The summed E-state index contributed by atoms with van der Waals surface area (Å²) >= 11 is 0. The van der Waals surface area contributed by atoms with Gasteiger partial charge in [0, 0.05) is 24.7 Å². The number of rotatable bonds is 20. The minimum atomic E-state index is -3.96. The van der Waals surface area contributed by atoms with E-state index in [0.29, 0.717) is 28.9 Å². The third kappa shape index (κ3) is 10.9. The first-order chi connectivity index (χ1) is 22.5. The number of ether oxygens (including phenoxy) is 5. The van der Waals surface area contributed by atoms with Gasteiger partial charge in [-0.05, 0) is 51.2 Å². The molecule has 0 fully saturated rings. The Balaban J connectivity index is 1.83. The standard InChI is InChI=1S/C35H48NO10P/c1-7-8-9-13-20-43-34(38)26(4)36-47(40,23-41-5)46-33-28(32(42-6)25(3)29-22-45-35(39)31(29)33)18-16-24(2)17-19-30(37)44-21-27-14-11-10-12-15-27/h10-12,14-16,26H,7-9,13,17-23H2,1-6H3,(H,36,40)/b24-16+. The number of hydrogen-bond acceptors (Lipinski definition) is 10. The summed E-state index contributed by atoms with van der Waals surface area (Å²) in [5.74, 6) is -1.03. The van der Waals surface area contributed by atoms with Crippen molar-refractivity contribution in [3.05, 3.63) is 69.8 Å². The third-order valence-corrected chi connectivity index (χ3v) is 9.63. The summed E-state index contributed by atoms with van der Waals surface area (Å²) < 4.78 is 47.6. The van der Waals surface area contributed by atoms with Gasteiger partial charge < -0.3 is 28.2 Å². The van der Waals surface area contributed by atoms with Gasteiger partial charge in [-0.3, -0.25) is 14.2 Å². The molecule has 0 radical (unpaired) electrons. The lowest BCUT2D eigenvalue weighted by Gasteiger charge is -2.26. The average molecular weight is 674 g/mol. The molecular formula is C35H48NO10P. The lowest BCUT2D eigenvalue weighted by Crippen LogP contribution is -2.35. The monoisotopic (exact) mass is 673 g/mol. The van der Waals surface area contributed by atoms with Gasteiger partial charge in [0.05, 0.1) is 13.7 Å². The highest BCUT2D eigenvalue weighted by molar-refractivity contribution is 7.57. The lowest BCUT2D eigenvalue weighted by atomic mass is 9.94. The predicted octanol–water partition coefficient (Wildman–Crippen LogP) is 6.96. The second-order valence-corrected chi connectivity index (χ2v) is 13.6. The topological polar surface area (TPSA) is 136 Å². The first kappa shape index (κ1) is 37.8. The van der Waals surface area contributed by atoms with Crippen LogP contribution in [-0.2, 0) is 52.7 Å². The molecule has 2 aromatic carbocycles. The summed E-state index contributed by atoms with van der Waals surface area (Å²) in [5, 5.41) is 2.78. The van der Waals surface area contributed by atoms with Crippen LogP contribution in [0.4, 0.5) is 0 Å². The number of carbonyl (C=O) groups is 3. The number of nitrogens with one attached hydrogen (secondary N) is 1. The maximum absolute atomic E-state index is 14.2. The molecule has 2 aromatic rings. The van der Waals surface area contributed by atoms with Crippen molar-refractivity contribution in [1.29, 1.82) is 0 Å². The number of fused-ring (bicyclic) bond motifs is 1. The van der Waals surface area contributed by atoms with Crippen molar-refractivity contribution in [3.8, 4) is 11.5 Å². The number of cyclic esters (lactones) is 1. The number of methoxy groups -OCH3 is 2. The molecule has 1 aliphatic rings. The van der Waals surface area contributed by atoms with Crippen molar-refractivity contribution in [3.63, 3.8) is 0 Å². The highest BCUT2D eigenvalue weighted by atomic mass is 31.2. The molecule has 0 saturated carbocycles. The van der Waals surface area contributed by atoms with Gasteiger partial charge in [0.2, 0.25) is 0 Å². The van der Waals surface area contributed by atoms with E-state index in [1.54, 1.807) is 0 Å². The molecule has 3 rings (SSSR count). The second kappa shape index (κ2) is 18.6. The molecule has 258 valence electrons. The molecule has 0 spiro atoms. The van der Waals surface area contributed by atoms with Crippen molar-refractivity contribution in [2.45, 2.75) is 91.9 Å². The van der Waals surface area contributed by atoms with Crippen LogP contribution in [0.15, 0.2) is 42.0 Å². The summed E-state index contributed by atoms with van der Waals surface area (Å²) in [6, 6.07) is 8.47. The molecule has 1 N–H and O–H groups in total. The zero-order valence-electron chi connectivity index (χ0n) is 28.3. The summed E-state index contributed by atoms with van der Waals surface area (Å²) in [6.45, 7) is 7.81. The van der Waals surface area contributed by atoms with E-state index in [4.69, 9.17) is 28.2 Å². The molecule has 1 aliphatic heterocycles. The third-order valence-electron chi connectivity index (χ3n) is 7.77. The lowest BCUT2D eigenvalue weighted by molar-refractivity contribution is -0.146. The van der Waals surface area contributed by atoms with Crippen LogP contribution in [0.25, 0.3) is 0 Å². The molecule has 0 aliphatic carbocycles. The average Bonchev–Trinajstić information content (AvgIpc) is 3.45. The molecule has 0 bridgehead atoms. The first-order valence-corrected chi connectivity index (χ1v) is 17.8. The van der Waals surface area contributed by atoms with Gasteiger partial charge in [-0.2, -0.15) is 0 Å². The van der Waals surface area contributed by atoms with Crippen LogP contribution in [0.5, 0.6) is 11.5 Å². The van der Waals surface area contributed by atoms with Crippen LogP contribution in [-0.4, -0.2) is 51.1 Å². The van der Waals surface area contributed by atoms with E-state index in [2.05, 4.69) is 12.0 Å². The zero-order valence-corrected chi connectivity index (χ0v) is 29.2. The fourth-order valence-electron chi connectivity index (χ4n) is 5.18. The van der Waals surface area contributed by atoms with Crippen LogP contribution in [0, 0.1) is 6.92 Å². The Morgan fingerprint density at radius 1 is 1.06 bits per heavy atom. The van der Waals surface area contributed by atoms with E-state index in [-0.39, 0.29) is 56.3 Å². The Hall–Kier alpha value is -3.66. The van der Waals surface area contributed by atoms with Crippen molar-refractivity contribution in [2.75, 3.05) is 27.2 Å². The highest BCUT2D eigenvalue weighted by Crippen LogP contribution is 2.51. The van der Waals surface area contributed by atoms with Crippen molar-refractivity contribution >= 4 is 25.4 Å². The van der Waals surface area contributed by atoms with Crippen LogP contribution in [0.2, 0.25) is 0 Å². The Labute approximate surface area is 277 Å². The quantitative estimate of drug-likeness (QED) is 0.0513. The molecule has 12 heteroatoms. The molecule has 0 amide bonds. The smallest absolute Gasteiger partial charge is 0.342 e. The number of benzene rings is 2. The van der Waals surface area contributed by atoms with E-state index < -0.39 is 25.5 Å². The Morgan fingerprint density at radius 3 is 2.49 bits per heavy atom. The minimum absolute atomic E-state index is 0.00965. The van der Waals surface area contributed by atoms with E-state index in [1.165, 1.54) is 21.1 Å². The van der Waals surface area contributed by atoms with Gasteiger partial charge in [-0.25, -0.2) is 9.88 Å².